The summed E-state index contributed by atoms with van der Waals surface area (Å²) < 4.78 is 0. The fraction of sp³-hybridized carbons (Fsp3) is 0.458. The van der Waals surface area contributed by atoms with E-state index in [0.717, 1.165) is 42.5 Å². The molecule has 1 aromatic heterocycles. The Morgan fingerprint density at radius 2 is 1.72 bits per heavy atom. The predicted octanol–water partition coefficient (Wildman–Crippen LogP) is 4.89. The second kappa shape index (κ2) is 9.21. The lowest BCUT2D eigenvalue weighted by atomic mass is 9.78. The average molecular weight is 394 g/mol. The van der Waals surface area contributed by atoms with Gasteiger partial charge < -0.3 is 10.2 Å². The largest absolute Gasteiger partial charge is 0.324 e. The summed E-state index contributed by atoms with van der Waals surface area (Å²) in [5.74, 6) is -0.238. The minimum atomic E-state index is -0.836. The summed E-state index contributed by atoms with van der Waals surface area (Å²) in [6, 6.07) is 11.3. The van der Waals surface area contributed by atoms with Crippen molar-refractivity contribution in [3.63, 3.8) is 0 Å². The molecule has 2 amide bonds. The predicted molar refractivity (Wildman–Crippen MR) is 116 cm³/mol. The highest BCUT2D eigenvalue weighted by molar-refractivity contribution is 6.03. The zero-order chi connectivity index (χ0) is 20.9. The summed E-state index contributed by atoms with van der Waals surface area (Å²) in [6.45, 7) is 6.58. The number of anilines is 1. The van der Waals surface area contributed by atoms with Crippen molar-refractivity contribution >= 4 is 17.5 Å². The smallest absolute Gasteiger partial charge is 0.273 e. The van der Waals surface area contributed by atoms with Gasteiger partial charge in [0, 0.05) is 18.4 Å². The number of aryl methyl sites for hydroxylation is 2. The van der Waals surface area contributed by atoms with Gasteiger partial charge in [0.05, 0.1) is 0 Å². The van der Waals surface area contributed by atoms with Gasteiger partial charge in [0.2, 0.25) is 5.91 Å². The normalized spacial score (nSPS) is 15.6. The lowest BCUT2D eigenvalue weighted by Gasteiger charge is -2.45. The number of hydrogen-bond acceptors (Lipinski definition) is 3. The van der Waals surface area contributed by atoms with Gasteiger partial charge in [-0.3, -0.25) is 14.6 Å². The molecule has 1 heterocycles. The number of carbonyl (C=O) groups is 2. The first-order valence-electron chi connectivity index (χ1n) is 10.6. The van der Waals surface area contributed by atoms with Gasteiger partial charge in [0.15, 0.2) is 0 Å². The first-order valence-corrected chi connectivity index (χ1v) is 10.6. The third kappa shape index (κ3) is 4.34. The summed E-state index contributed by atoms with van der Waals surface area (Å²) >= 11 is 0. The van der Waals surface area contributed by atoms with Crippen molar-refractivity contribution in [2.24, 2.45) is 0 Å². The van der Waals surface area contributed by atoms with Crippen LogP contribution in [-0.2, 0) is 4.79 Å². The molecule has 154 valence electrons. The van der Waals surface area contributed by atoms with Crippen LogP contribution < -0.4 is 5.32 Å². The monoisotopic (exact) mass is 393 g/mol. The maximum atomic E-state index is 13.7. The van der Waals surface area contributed by atoms with Crippen LogP contribution in [0.15, 0.2) is 42.6 Å². The number of aromatic nitrogens is 1. The molecule has 1 fully saturated rings. The number of amides is 2. The maximum absolute atomic E-state index is 13.7. The first kappa shape index (κ1) is 21.0. The Morgan fingerprint density at radius 1 is 1.03 bits per heavy atom. The molecule has 0 atom stereocenters. The van der Waals surface area contributed by atoms with Crippen molar-refractivity contribution in [2.75, 3.05) is 11.9 Å². The van der Waals surface area contributed by atoms with Gasteiger partial charge in [-0.05, 0) is 56.4 Å². The van der Waals surface area contributed by atoms with Crippen molar-refractivity contribution < 1.29 is 9.59 Å². The highest BCUT2D eigenvalue weighted by atomic mass is 16.2. The van der Waals surface area contributed by atoms with E-state index in [-0.39, 0.29) is 11.8 Å². The van der Waals surface area contributed by atoms with Gasteiger partial charge in [-0.25, -0.2) is 0 Å². The van der Waals surface area contributed by atoms with Crippen LogP contribution in [0, 0.1) is 13.8 Å². The molecule has 0 spiro atoms. The van der Waals surface area contributed by atoms with Crippen LogP contribution >= 0.6 is 0 Å². The second-order valence-electron chi connectivity index (χ2n) is 7.98. The summed E-state index contributed by atoms with van der Waals surface area (Å²) in [7, 11) is 0. The number of pyridine rings is 1. The van der Waals surface area contributed by atoms with Crippen LogP contribution in [0.2, 0.25) is 0 Å². The summed E-state index contributed by atoms with van der Waals surface area (Å²) in [6.07, 6.45) is 6.76. The maximum Gasteiger partial charge on any atom is 0.273 e. The van der Waals surface area contributed by atoms with E-state index in [0.29, 0.717) is 25.1 Å². The third-order valence-corrected chi connectivity index (χ3v) is 5.92. The standard InChI is InChI=1S/C24H31N3O2/c1-4-17-27(22(28)20-13-6-9-16-25-20)24(14-7-5-8-15-24)23(29)26-21-18(2)11-10-12-19(21)3/h6,9-13,16H,4-5,7-8,14-15,17H2,1-3H3,(H,26,29). The van der Waals surface area contributed by atoms with Gasteiger partial charge in [-0.15, -0.1) is 0 Å². The number of nitrogens with zero attached hydrogens (tertiary/aromatic N) is 2. The minimum absolute atomic E-state index is 0.0765. The van der Waals surface area contributed by atoms with Crippen molar-refractivity contribution in [1.29, 1.82) is 0 Å². The van der Waals surface area contributed by atoms with E-state index in [1.165, 1.54) is 0 Å². The summed E-state index contributed by atoms with van der Waals surface area (Å²) in [5.41, 5.74) is 2.47. The lowest BCUT2D eigenvalue weighted by Crippen LogP contribution is -2.60. The number of para-hydroxylation sites is 1. The molecule has 29 heavy (non-hydrogen) atoms. The van der Waals surface area contributed by atoms with Crippen LogP contribution in [0.4, 0.5) is 5.69 Å². The number of benzene rings is 1. The molecule has 0 bridgehead atoms. The Labute approximate surface area is 173 Å². The van der Waals surface area contributed by atoms with Crippen LogP contribution in [0.1, 0.15) is 67.1 Å². The van der Waals surface area contributed by atoms with Gasteiger partial charge in [-0.1, -0.05) is 50.5 Å². The second-order valence-corrected chi connectivity index (χ2v) is 7.98. The molecule has 2 aromatic rings. The van der Waals surface area contributed by atoms with Gasteiger partial charge in [0.25, 0.3) is 5.91 Å². The average Bonchev–Trinajstić information content (AvgIpc) is 2.75. The SMILES string of the molecule is CCCN(C(=O)c1ccccn1)C1(C(=O)Nc2c(C)cccc2C)CCCCC1. The first-order chi connectivity index (χ1) is 14.0. The van der Waals surface area contributed by atoms with E-state index in [2.05, 4.69) is 10.3 Å². The van der Waals surface area contributed by atoms with Gasteiger partial charge >= 0.3 is 0 Å². The van der Waals surface area contributed by atoms with E-state index in [1.807, 2.05) is 45.0 Å². The molecular formula is C24H31N3O2. The number of carbonyl (C=O) groups excluding carboxylic acids is 2. The van der Waals surface area contributed by atoms with E-state index in [9.17, 15) is 9.59 Å². The molecular weight excluding hydrogens is 362 g/mol. The van der Waals surface area contributed by atoms with Crippen LogP contribution in [0.5, 0.6) is 0 Å². The van der Waals surface area contributed by atoms with Crippen molar-refractivity contribution in [1.82, 2.24) is 9.88 Å². The fourth-order valence-electron chi connectivity index (χ4n) is 4.36. The molecule has 1 aliphatic rings. The fourth-order valence-corrected chi connectivity index (χ4v) is 4.36. The zero-order valence-electron chi connectivity index (χ0n) is 17.7. The Morgan fingerprint density at radius 3 is 2.31 bits per heavy atom. The van der Waals surface area contributed by atoms with Gasteiger partial charge in [-0.2, -0.15) is 0 Å². The molecule has 0 aliphatic heterocycles. The Bertz CT molecular complexity index is 837. The highest BCUT2D eigenvalue weighted by Crippen LogP contribution is 2.36. The lowest BCUT2D eigenvalue weighted by molar-refractivity contribution is -0.128. The molecule has 5 heteroatoms. The number of hydrogen-bond donors (Lipinski definition) is 1. The third-order valence-electron chi connectivity index (χ3n) is 5.92. The van der Waals surface area contributed by atoms with E-state index >= 15 is 0 Å². The Hall–Kier alpha value is -2.69. The van der Waals surface area contributed by atoms with Crippen LogP contribution in [0.25, 0.3) is 0 Å². The Kier molecular flexibility index (Phi) is 6.68. The molecule has 0 radical (unpaired) electrons. The summed E-state index contributed by atoms with van der Waals surface area (Å²) in [4.78, 5) is 33.2. The molecule has 3 rings (SSSR count). The highest BCUT2D eigenvalue weighted by Gasteiger charge is 2.47. The minimum Gasteiger partial charge on any atom is -0.324 e. The topological polar surface area (TPSA) is 62.3 Å². The van der Waals surface area contributed by atoms with Gasteiger partial charge in [0.1, 0.15) is 11.2 Å². The van der Waals surface area contributed by atoms with Crippen LogP contribution in [0.3, 0.4) is 0 Å². The van der Waals surface area contributed by atoms with E-state index < -0.39 is 5.54 Å². The van der Waals surface area contributed by atoms with Crippen molar-refractivity contribution in [3.05, 3.63) is 59.4 Å². The molecule has 1 aliphatic carbocycles. The zero-order valence-corrected chi connectivity index (χ0v) is 17.7. The number of rotatable bonds is 6. The van der Waals surface area contributed by atoms with E-state index in [4.69, 9.17) is 0 Å². The Balaban J connectivity index is 1.99. The molecule has 5 nitrogen and oxygen atoms in total. The van der Waals surface area contributed by atoms with E-state index in [1.54, 1.807) is 23.2 Å². The molecule has 1 N–H and O–H groups in total. The van der Waals surface area contributed by atoms with Crippen molar-refractivity contribution in [3.8, 4) is 0 Å². The molecule has 0 unspecified atom stereocenters. The quantitative estimate of drug-likeness (QED) is 0.760. The van der Waals surface area contributed by atoms with Crippen molar-refractivity contribution in [2.45, 2.75) is 64.8 Å². The molecule has 0 saturated heterocycles. The number of nitrogens with one attached hydrogen (secondary N) is 1. The summed E-state index contributed by atoms with van der Waals surface area (Å²) in [5, 5.41) is 3.18. The molecule has 1 aromatic carbocycles. The van der Waals surface area contributed by atoms with Crippen LogP contribution in [-0.4, -0.2) is 33.8 Å². The molecule has 1 saturated carbocycles.